The van der Waals surface area contributed by atoms with Gasteiger partial charge in [-0.1, -0.05) is 18.2 Å². The normalized spacial score (nSPS) is 27.1. The van der Waals surface area contributed by atoms with E-state index in [0.717, 1.165) is 25.1 Å². The van der Waals surface area contributed by atoms with Crippen molar-refractivity contribution in [2.45, 2.75) is 12.8 Å². The minimum atomic E-state index is 0.314. The molecular weight excluding hydrogens is 200 g/mol. The largest absolute Gasteiger partial charge is 0.330 e. The van der Waals surface area contributed by atoms with E-state index in [9.17, 15) is 4.79 Å². The number of carbonyl (C=O) groups is 1. The molecular formula is C13H16N2O. The van der Waals surface area contributed by atoms with E-state index in [2.05, 4.69) is 6.07 Å². The number of carbonyl (C=O) groups excluding carboxylic acids is 1. The first kappa shape index (κ1) is 9.85. The number of hydrogen-bond donors (Lipinski definition) is 1. The van der Waals surface area contributed by atoms with Crippen molar-refractivity contribution in [2.24, 2.45) is 17.6 Å². The number of hydrogen-bond acceptors (Lipinski definition) is 2. The molecule has 16 heavy (non-hydrogen) atoms. The summed E-state index contributed by atoms with van der Waals surface area (Å²) in [5.41, 5.74) is 7.86. The van der Waals surface area contributed by atoms with E-state index in [1.54, 1.807) is 0 Å². The van der Waals surface area contributed by atoms with Gasteiger partial charge in [0.2, 0.25) is 5.91 Å². The average molecular weight is 216 g/mol. The highest BCUT2D eigenvalue weighted by Gasteiger charge is 2.52. The number of para-hydroxylation sites is 1. The van der Waals surface area contributed by atoms with Crippen molar-refractivity contribution in [3.05, 3.63) is 29.8 Å². The summed E-state index contributed by atoms with van der Waals surface area (Å²) in [5.74, 6) is 1.26. The molecule has 1 saturated heterocycles. The van der Waals surface area contributed by atoms with Gasteiger partial charge in [-0.3, -0.25) is 4.79 Å². The molecule has 2 aliphatic rings. The molecule has 1 heterocycles. The predicted molar refractivity (Wildman–Crippen MR) is 63.2 cm³/mol. The maximum Gasteiger partial charge on any atom is 0.230 e. The Balaban J connectivity index is 1.91. The second-order valence-electron chi connectivity index (χ2n) is 4.72. The molecule has 1 amide bonds. The highest BCUT2D eigenvalue weighted by Crippen LogP contribution is 2.47. The molecule has 1 aromatic carbocycles. The molecule has 2 N–H and O–H groups in total. The van der Waals surface area contributed by atoms with Crippen LogP contribution < -0.4 is 10.6 Å². The van der Waals surface area contributed by atoms with Crippen LogP contribution in [0.1, 0.15) is 12.0 Å². The quantitative estimate of drug-likeness (QED) is 0.824. The van der Waals surface area contributed by atoms with Crippen molar-refractivity contribution >= 4 is 11.6 Å². The van der Waals surface area contributed by atoms with Crippen LogP contribution in [0.15, 0.2) is 24.3 Å². The minimum Gasteiger partial charge on any atom is -0.330 e. The molecule has 2 atom stereocenters. The van der Waals surface area contributed by atoms with E-state index in [1.165, 1.54) is 5.56 Å². The van der Waals surface area contributed by atoms with Crippen molar-refractivity contribution in [1.29, 1.82) is 0 Å². The van der Waals surface area contributed by atoms with Crippen LogP contribution >= 0.6 is 0 Å². The second kappa shape index (κ2) is 3.59. The highest BCUT2D eigenvalue weighted by molar-refractivity contribution is 6.00. The minimum absolute atomic E-state index is 0.314. The molecule has 84 valence electrons. The zero-order valence-electron chi connectivity index (χ0n) is 9.23. The lowest BCUT2D eigenvalue weighted by Gasteiger charge is -2.21. The van der Waals surface area contributed by atoms with E-state index in [4.69, 9.17) is 5.73 Å². The average Bonchev–Trinajstić information content (AvgIpc) is 3.00. The van der Waals surface area contributed by atoms with Gasteiger partial charge < -0.3 is 10.6 Å². The topological polar surface area (TPSA) is 46.3 Å². The first-order valence-electron chi connectivity index (χ1n) is 5.90. The van der Waals surface area contributed by atoms with E-state index in [0.29, 0.717) is 24.3 Å². The van der Waals surface area contributed by atoms with Crippen molar-refractivity contribution in [2.75, 3.05) is 18.0 Å². The molecule has 2 unspecified atom stereocenters. The molecule has 3 heteroatoms. The van der Waals surface area contributed by atoms with Gasteiger partial charge in [-0.25, -0.2) is 0 Å². The van der Waals surface area contributed by atoms with Gasteiger partial charge in [-0.2, -0.15) is 0 Å². The van der Waals surface area contributed by atoms with E-state index >= 15 is 0 Å². The van der Waals surface area contributed by atoms with Crippen LogP contribution in [-0.4, -0.2) is 19.0 Å². The molecule has 1 aromatic rings. The number of rotatable bonds is 3. The summed E-state index contributed by atoms with van der Waals surface area (Å²) in [7, 11) is 0. The third kappa shape index (κ3) is 1.43. The van der Waals surface area contributed by atoms with Gasteiger partial charge in [-0.15, -0.1) is 0 Å². The Morgan fingerprint density at radius 3 is 2.88 bits per heavy atom. The van der Waals surface area contributed by atoms with Gasteiger partial charge in [0.15, 0.2) is 0 Å². The van der Waals surface area contributed by atoms with Gasteiger partial charge in [0, 0.05) is 18.2 Å². The number of fused-ring (bicyclic) bond motifs is 1. The molecule has 0 spiro atoms. The van der Waals surface area contributed by atoms with Gasteiger partial charge >= 0.3 is 0 Å². The van der Waals surface area contributed by atoms with Crippen LogP contribution in [0.4, 0.5) is 5.69 Å². The summed E-state index contributed by atoms with van der Waals surface area (Å²) in [6.45, 7) is 1.54. The van der Waals surface area contributed by atoms with E-state index in [1.807, 2.05) is 23.1 Å². The summed E-state index contributed by atoms with van der Waals surface area (Å²) in [4.78, 5) is 13.9. The Morgan fingerprint density at radius 1 is 1.38 bits per heavy atom. The maximum absolute atomic E-state index is 12.0. The maximum atomic E-state index is 12.0. The second-order valence-corrected chi connectivity index (χ2v) is 4.72. The van der Waals surface area contributed by atoms with Crippen molar-refractivity contribution in [1.82, 2.24) is 0 Å². The number of anilines is 1. The molecule has 1 aliphatic heterocycles. The smallest absolute Gasteiger partial charge is 0.230 e. The zero-order chi connectivity index (χ0) is 11.1. The summed E-state index contributed by atoms with van der Waals surface area (Å²) in [6.07, 6.45) is 1.95. The molecule has 3 nitrogen and oxygen atoms in total. The van der Waals surface area contributed by atoms with Crippen LogP contribution in [0.3, 0.4) is 0 Å². The fourth-order valence-corrected chi connectivity index (χ4v) is 2.63. The van der Waals surface area contributed by atoms with Gasteiger partial charge in [0.25, 0.3) is 0 Å². The number of nitrogens with zero attached hydrogens (tertiary/aromatic N) is 1. The van der Waals surface area contributed by atoms with Gasteiger partial charge in [0.05, 0.1) is 0 Å². The fourth-order valence-electron chi connectivity index (χ4n) is 2.63. The van der Waals surface area contributed by atoms with Crippen LogP contribution in [0.2, 0.25) is 0 Å². The Hall–Kier alpha value is -1.35. The van der Waals surface area contributed by atoms with Crippen LogP contribution in [-0.2, 0) is 11.2 Å². The summed E-state index contributed by atoms with van der Waals surface area (Å²) in [6, 6.07) is 8.11. The SMILES string of the molecule is NCCc1ccccc1N1CC2CC2C1=O. The number of amides is 1. The predicted octanol–water partition coefficient (Wildman–Crippen LogP) is 1.17. The standard InChI is InChI=1S/C13H16N2O/c14-6-5-9-3-1-2-4-12(9)15-8-10-7-11(10)13(15)16/h1-4,10-11H,5-8,14H2. The summed E-state index contributed by atoms with van der Waals surface area (Å²) < 4.78 is 0. The summed E-state index contributed by atoms with van der Waals surface area (Å²) >= 11 is 0. The molecule has 2 fully saturated rings. The Labute approximate surface area is 95.2 Å². The Bertz CT molecular complexity index is 430. The zero-order valence-corrected chi connectivity index (χ0v) is 9.23. The van der Waals surface area contributed by atoms with Crippen LogP contribution in [0.25, 0.3) is 0 Å². The Morgan fingerprint density at radius 2 is 2.19 bits per heavy atom. The fraction of sp³-hybridized carbons (Fsp3) is 0.462. The third-order valence-corrected chi connectivity index (χ3v) is 3.62. The summed E-state index contributed by atoms with van der Waals surface area (Å²) in [5, 5.41) is 0. The molecule has 3 rings (SSSR count). The van der Waals surface area contributed by atoms with Gasteiger partial charge in [0.1, 0.15) is 0 Å². The lowest BCUT2D eigenvalue weighted by molar-refractivity contribution is -0.118. The molecule has 0 radical (unpaired) electrons. The number of nitrogens with two attached hydrogens (primary N) is 1. The third-order valence-electron chi connectivity index (χ3n) is 3.62. The molecule has 0 bridgehead atoms. The van der Waals surface area contributed by atoms with E-state index in [-0.39, 0.29) is 0 Å². The first-order chi connectivity index (χ1) is 7.81. The van der Waals surface area contributed by atoms with Gasteiger partial charge in [-0.05, 0) is 36.9 Å². The van der Waals surface area contributed by atoms with Crippen molar-refractivity contribution in [3.8, 4) is 0 Å². The lowest BCUT2D eigenvalue weighted by Crippen LogP contribution is -2.29. The van der Waals surface area contributed by atoms with Crippen LogP contribution in [0.5, 0.6) is 0 Å². The van der Waals surface area contributed by atoms with E-state index < -0.39 is 0 Å². The van der Waals surface area contributed by atoms with Crippen molar-refractivity contribution in [3.63, 3.8) is 0 Å². The molecule has 1 saturated carbocycles. The first-order valence-corrected chi connectivity index (χ1v) is 5.90. The molecule has 0 aromatic heterocycles. The monoisotopic (exact) mass is 216 g/mol. The highest BCUT2D eigenvalue weighted by atomic mass is 16.2. The number of piperidine rings is 1. The Kier molecular flexibility index (Phi) is 2.21. The lowest BCUT2D eigenvalue weighted by atomic mass is 10.1. The van der Waals surface area contributed by atoms with Crippen molar-refractivity contribution < 1.29 is 4.79 Å². The van der Waals surface area contributed by atoms with Crippen LogP contribution in [0, 0.1) is 11.8 Å². The number of benzene rings is 1. The molecule has 1 aliphatic carbocycles.